The molecule has 0 spiro atoms. The Kier molecular flexibility index (Phi) is 0.886. The summed E-state index contributed by atoms with van der Waals surface area (Å²) in [5, 5.41) is 7.41. The molecule has 0 fully saturated rings. The number of aromatic nitrogens is 2. The molecule has 0 radical (unpaired) electrons. The monoisotopic (exact) mass is 122 g/mol. The van der Waals surface area contributed by atoms with Gasteiger partial charge in [-0.05, 0) is 0 Å². The van der Waals surface area contributed by atoms with Crippen molar-refractivity contribution in [1.82, 2.24) is 10.2 Å². The van der Waals surface area contributed by atoms with Gasteiger partial charge in [0.1, 0.15) is 5.75 Å². The van der Waals surface area contributed by atoms with Crippen molar-refractivity contribution < 1.29 is 4.74 Å². The minimum atomic E-state index is 0.780. The molecule has 1 aliphatic rings. The Labute approximate surface area is 52.7 Å². The van der Waals surface area contributed by atoms with Gasteiger partial charge in [-0.2, -0.15) is 10.2 Å². The van der Waals surface area contributed by atoms with E-state index in [0.717, 1.165) is 18.8 Å². The maximum atomic E-state index is 5.20. The van der Waals surface area contributed by atoms with Crippen LogP contribution in [0.2, 0.25) is 0 Å². The Bertz CT molecular complexity index is 201. The fraction of sp³-hybridized carbons (Fsp3) is 0.333. The van der Waals surface area contributed by atoms with Gasteiger partial charge in [-0.25, -0.2) is 0 Å². The van der Waals surface area contributed by atoms with Gasteiger partial charge in [0, 0.05) is 12.0 Å². The standard InChI is InChI=1S/C6H6N2O/c1-2-9-6-4-8-7-3-5(1)6/h3-4H,1-2H2. The van der Waals surface area contributed by atoms with E-state index < -0.39 is 0 Å². The molecule has 2 rings (SSSR count). The van der Waals surface area contributed by atoms with Gasteiger partial charge < -0.3 is 4.74 Å². The second-order valence-corrected chi connectivity index (χ2v) is 1.98. The molecule has 0 atom stereocenters. The van der Waals surface area contributed by atoms with Gasteiger partial charge in [-0.3, -0.25) is 0 Å². The van der Waals surface area contributed by atoms with Crippen LogP contribution in [-0.4, -0.2) is 16.8 Å². The number of nitrogens with zero attached hydrogens (tertiary/aromatic N) is 2. The van der Waals surface area contributed by atoms with Gasteiger partial charge >= 0.3 is 0 Å². The average Bonchev–Trinajstić information content (AvgIpc) is 2.33. The van der Waals surface area contributed by atoms with E-state index in [4.69, 9.17) is 4.74 Å². The van der Waals surface area contributed by atoms with E-state index in [-0.39, 0.29) is 0 Å². The smallest absolute Gasteiger partial charge is 0.144 e. The van der Waals surface area contributed by atoms with Gasteiger partial charge in [-0.1, -0.05) is 0 Å². The van der Waals surface area contributed by atoms with Crippen LogP contribution in [0.4, 0.5) is 0 Å². The first-order chi connectivity index (χ1) is 4.47. The first-order valence-corrected chi connectivity index (χ1v) is 2.89. The normalized spacial score (nSPS) is 14.7. The van der Waals surface area contributed by atoms with Crippen LogP contribution >= 0.6 is 0 Å². The van der Waals surface area contributed by atoms with E-state index in [2.05, 4.69) is 10.2 Å². The van der Waals surface area contributed by atoms with Gasteiger partial charge in [0.05, 0.1) is 19.0 Å². The van der Waals surface area contributed by atoms with Gasteiger partial charge in [0.2, 0.25) is 0 Å². The second kappa shape index (κ2) is 1.69. The van der Waals surface area contributed by atoms with E-state index in [1.807, 2.05) is 0 Å². The van der Waals surface area contributed by atoms with Gasteiger partial charge in [-0.15, -0.1) is 0 Å². The third kappa shape index (κ3) is 0.650. The topological polar surface area (TPSA) is 35.0 Å². The number of fused-ring (bicyclic) bond motifs is 1. The third-order valence-corrected chi connectivity index (χ3v) is 1.40. The largest absolute Gasteiger partial charge is 0.491 e. The Morgan fingerprint density at radius 2 is 2.22 bits per heavy atom. The van der Waals surface area contributed by atoms with Crippen LogP contribution in [0, 0.1) is 0 Å². The van der Waals surface area contributed by atoms with Crippen molar-refractivity contribution in [2.75, 3.05) is 6.61 Å². The van der Waals surface area contributed by atoms with Crippen LogP contribution < -0.4 is 4.74 Å². The summed E-state index contributed by atoms with van der Waals surface area (Å²) in [6, 6.07) is 0. The lowest BCUT2D eigenvalue weighted by atomic mass is 10.2. The minimum absolute atomic E-state index is 0.780. The molecule has 0 N–H and O–H groups in total. The molecule has 0 saturated heterocycles. The number of rotatable bonds is 0. The van der Waals surface area contributed by atoms with E-state index in [9.17, 15) is 0 Å². The highest BCUT2D eigenvalue weighted by molar-refractivity contribution is 5.30. The highest BCUT2D eigenvalue weighted by Gasteiger charge is 2.10. The molecule has 1 aliphatic heterocycles. The summed E-state index contributed by atoms with van der Waals surface area (Å²) in [5.74, 6) is 0.894. The summed E-state index contributed by atoms with van der Waals surface area (Å²) in [6.45, 7) is 0.780. The fourth-order valence-electron chi connectivity index (χ4n) is 0.924. The zero-order valence-corrected chi connectivity index (χ0v) is 4.87. The molecule has 0 aromatic carbocycles. The molecular formula is C6H6N2O. The zero-order chi connectivity index (χ0) is 6.10. The van der Waals surface area contributed by atoms with Crippen molar-refractivity contribution in [3.8, 4) is 5.75 Å². The number of hydrogen-bond donors (Lipinski definition) is 0. The first kappa shape index (κ1) is 4.73. The molecule has 0 aliphatic carbocycles. The molecule has 0 bridgehead atoms. The third-order valence-electron chi connectivity index (χ3n) is 1.40. The maximum Gasteiger partial charge on any atom is 0.144 e. The van der Waals surface area contributed by atoms with E-state index >= 15 is 0 Å². The first-order valence-electron chi connectivity index (χ1n) is 2.89. The minimum Gasteiger partial charge on any atom is -0.491 e. The highest BCUT2D eigenvalue weighted by Crippen LogP contribution is 2.21. The molecule has 3 nitrogen and oxygen atoms in total. The average molecular weight is 122 g/mol. The molecule has 0 amide bonds. The van der Waals surface area contributed by atoms with Crippen LogP contribution in [0.25, 0.3) is 0 Å². The zero-order valence-electron chi connectivity index (χ0n) is 4.87. The lowest BCUT2D eigenvalue weighted by Crippen LogP contribution is -1.86. The summed E-state index contributed by atoms with van der Waals surface area (Å²) < 4.78 is 5.20. The molecule has 9 heavy (non-hydrogen) atoms. The summed E-state index contributed by atoms with van der Waals surface area (Å²) in [4.78, 5) is 0. The van der Waals surface area contributed by atoms with Crippen LogP contribution in [0.1, 0.15) is 5.56 Å². The van der Waals surface area contributed by atoms with Crippen LogP contribution in [0.15, 0.2) is 12.4 Å². The van der Waals surface area contributed by atoms with Crippen LogP contribution in [-0.2, 0) is 6.42 Å². The molecule has 2 heterocycles. The predicted octanol–water partition coefficient (Wildman–Crippen LogP) is 0.411. The molecule has 0 saturated carbocycles. The SMILES string of the molecule is c1nncc2c1CCO2. The summed E-state index contributed by atoms with van der Waals surface area (Å²) in [7, 11) is 0. The Morgan fingerprint density at radius 3 is 3.11 bits per heavy atom. The summed E-state index contributed by atoms with van der Waals surface area (Å²) >= 11 is 0. The molecule has 46 valence electrons. The Hall–Kier alpha value is -1.12. The van der Waals surface area contributed by atoms with Crippen molar-refractivity contribution in [3.05, 3.63) is 18.0 Å². The van der Waals surface area contributed by atoms with Crippen LogP contribution in [0.5, 0.6) is 5.75 Å². The summed E-state index contributed by atoms with van der Waals surface area (Å²) in [6.07, 6.45) is 4.38. The van der Waals surface area contributed by atoms with Gasteiger partial charge in [0.25, 0.3) is 0 Å². The number of hydrogen-bond acceptors (Lipinski definition) is 3. The van der Waals surface area contributed by atoms with Crippen molar-refractivity contribution in [2.45, 2.75) is 6.42 Å². The summed E-state index contributed by atoms with van der Waals surface area (Å²) in [5.41, 5.74) is 1.17. The van der Waals surface area contributed by atoms with Gasteiger partial charge in [0.15, 0.2) is 0 Å². The van der Waals surface area contributed by atoms with Crippen molar-refractivity contribution in [2.24, 2.45) is 0 Å². The predicted molar refractivity (Wildman–Crippen MR) is 31.2 cm³/mol. The van der Waals surface area contributed by atoms with Crippen molar-refractivity contribution in [3.63, 3.8) is 0 Å². The Balaban J connectivity index is 2.54. The molecule has 1 aromatic rings. The van der Waals surface area contributed by atoms with Crippen LogP contribution in [0.3, 0.4) is 0 Å². The quantitative estimate of drug-likeness (QED) is 0.500. The van der Waals surface area contributed by atoms with E-state index in [0.29, 0.717) is 0 Å². The second-order valence-electron chi connectivity index (χ2n) is 1.98. The molecule has 1 aromatic heterocycles. The highest BCUT2D eigenvalue weighted by atomic mass is 16.5. The Morgan fingerprint density at radius 1 is 1.33 bits per heavy atom. The maximum absolute atomic E-state index is 5.20. The molecular weight excluding hydrogens is 116 g/mol. The van der Waals surface area contributed by atoms with E-state index in [1.165, 1.54) is 5.56 Å². The van der Waals surface area contributed by atoms with Crippen molar-refractivity contribution in [1.29, 1.82) is 0 Å². The van der Waals surface area contributed by atoms with Crippen molar-refractivity contribution >= 4 is 0 Å². The molecule has 3 heteroatoms. The lowest BCUT2D eigenvalue weighted by molar-refractivity contribution is 0.355. The van der Waals surface area contributed by atoms with E-state index in [1.54, 1.807) is 12.4 Å². The lowest BCUT2D eigenvalue weighted by Gasteiger charge is -1.92. The molecule has 0 unspecified atom stereocenters. The fourth-order valence-corrected chi connectivity index (χ4v) is 0.924. The number of ether oxygens (including phenoxy) is 1.